The summed E-state index contributed by atoms with van der Waals surface area (Å²) >= 11 is 18.6. The number of nitrogens with zero attached hydrogens (tertiary/aromatic N) is 3. The molecule has 29 heavy (non-hydrogen) atoms. The van der Waals surface area contributed by atoms with Crippen LogP contribution in [0.2, 0.25) is 15.1 Å². The van der Waals surface area contributed by atoms with Crippen molar-refractivity contribution in [2.24, 2.45) is 0 Å². The normalized spacial score (nSPS) is 14.0. The Hall–Kier alpha value is -2.54. The first kappa shape index (κ1) is 19.8. The van der Waals surface area contributed by atoms with Crippen LogP contribution in [0.1, 0.15) is 10.4 Å². The van der Waals surface area contributed by atoms with E-state index in [1.165, 1.54) is 0 Å². The first-order chi connectivity index (χ1) is 13.9. The number of pyridine rings is 1. The van der Waals surface area contributed by atoms with Crippen LogP contribution in [0.4, 0.5) is 16.2 Å². The number of urea groups is 1. The van der Waals surface area contributed by atoms with Gasteiger partial charge in [-0.1, -0.05) is 40.9 Å². The van der Waals surface area contributed by atoms with Gasteiger partial charge in [-0.3, -0.25) is 14.7 Å². The van der Waals surface area contributed by atoms with Gasteiger partial charge in [0, 0.05) is 36.7 Å². The number of anilines is 2. The second-order valence-corrected chi connectivity index (χ2v) is 7.84. The van der Waals surface area contributed by atoms with Crippen LogP contribution < -0.4 is 10.2 Å². The molecular formula is C20H15Cl3N4O2. The van der Waals surface area contributed by atoms with Crippen LogP contribution >= 0.6 is 34.8 Å². The van der Waals surface area contributed by atoms with Crippen molar-refractivity contribution in [1.82, 2.24) is 9.88 Å². The third kappa shape index (κ3) is 3.59. The molecule has 1 aromatic heterocycles. The van der Waals surface area contributed by atoms with Gasteiger partial charge >= 0.3 is 6.03 Å². The van der Waals surface area contributed by atoms with E-state index in [2.05, 4.69) is 10.3 Å². The monoisotopic (exact) mass is 448 g/mol. The first-order valence-electron chi connectivity index (χ1n) is 8.73. The molecule has 0 unspecified atom stereocenters. The van der Waals surface area contributed by atoms with Crippen molar-refractivity contribution in [1.29, 1.82) is 0 Å². The average Bonchev–Trinajstić information content (AvgIpc) is 3.00. The van der Waals surface area contributed by atoms with E-state index in [0.717, 1.165) is 0 Å². The highest BCUT2D eigenvalue weighted by molar-refractivity contribution is 6.40. The van der Waals surface area contributed by atoms with Gasteiger partial charge in [0.2, 0.25) is 0 Å². The lowest BCUT2D eigenvalue weighted by atomic mass is 10.1. The lowest BCUT2D eigenvalue weighted by molar-refractivity contribution is 0.102. The maximum Gasteiger partial charge on any atom is 0.324 e. The standard InChI is InChI=1S/C20H15Cl3N4O2/c1-26-7-8-27(20(26)29)16-5-6-24-18-12(16)9-11(21)10-15(18)25-19(28)17-13(22)3-2-4-14(17)23/h2-6,9-10H,7-8H2,1H3,(H,25,28). The molecule has 1 aliphatic heterocycles. The maximum absolute atomic E-state index is 12.8. The molecule has 0 bridgehead atoms. The molecule has 0 saturated carbocycles. The molecule has 0 spiro atoms. The zero-order chi connectivity index (χ0) is 20.7. The van der Waals surface area contributed by atoms with Crippen molar-refractivity contribution in [3.05, 3.63) is 63.2 Å². The molecular weight excluding hydrogens is 435 g/mol. The van der Waals surface area contributed by atoms with Gasteiger partial charge in [0.05, 0.1) is 32.5 Å². The average molecular weight is 450 g/mol. The molecule has 0 radical (unpaired) electrons. The Morgan fingerprint density at radius 1 is 1.10 bits per heavy atom. The molecule has 2 aromatic carbocycles. The molecule has 0 atom stereocenters. The summed E-state index contributed by atoms with van der Waals surface area (Å²) in [6.07, 6.45) is 1.59. The molecule has 6 nitrogen and oxygen atoms in total. The Bertz CT molecular complexity index is 1130. The smallest absolute Gasteiger partial charge is 0.324 e. The van der Waals surface area contributed by atoms with Crippen molar-refractivity contribution in [3.63, 3.8) is 0 Å². The van der Waals surface area contributed by atoms with Gasteiger partial charge < -0.3 is 10.2 Å². The minimum absolute atomic E-state index is 0.106. The minimum Gasteiger partial charge on any atom is -0.326 e. The predicted octanol–water partition coefficient (Wildman–Crippen LogP) is 5.32. The molecule has 3 aromatic rings. The number of halogens is 3. The Morgan fingerprint density at radius 2 is 1.83 bits per heavy atom. The Balaban J connectivity index is 1.79. The minimum atomic E-state index is -0.478. The quantitative estimate of drug-likeness (QED) is 0.588. The van der Waals surface area contributed by atoms with Crippen LogP contribution in [-0.4, -0.2) is 42.0 Å². The van der Waals surface area contributed by atoms with Gasteiger partial charge in [0.15, 0.2) is 0 Å². The summed E-state index contributed by atoms with van der Waals surface area (Å²) in [7, 11) is 1.75. The predicted molar refractivity (Wildman–Crippen MR) is 117 cm³/mol. The van der Waals surface area contributed by atoms with E-state index in [-0.39, 0.29) is 21.6 Å². The van der Waals surface area contributed by atoms with E-state index in [0.29, 0.717) is 40.4 Å². The number of hydrogen-bond donors (Lipinski definition) is 1. The molecule has 0 aliphatic carbocycles. The molecule has 1 fully saturated rings. The number of amides is 3. The number of aromatic nitrogens is 1. The lowest BCUT2D eigenvalue weighted by Crippen LogP contribution is -2.29. The third-order valence-corrected chi connectivity index (χ3v) is 5.58. The van der Waals surface area contributed by atoms with Crippen LogP contribution in [0, 0.1) is 0 Å². The molecule has 148 valence electrons. The first-order valence-corrected chi connectivity index (χ1v) is 9.86. The fraction of sp³-hybridized carbons (Fsp3) is 0.150. The lowest BCUT2D eigenvalue weighted by Gasteiger charge is -2.19. The highest BCUT2D eigenvalue weighted by Gasteiger charge is 2.28. The molecule has 3 amide bonds. The number of benzene rings is 2. The molecule has 1 aliphatic rings. The molecule has 9 heteroatoms. The van der Waals surface area contributed by atoms with Crippen molar-refractivity contribution < 1.29 is 9.59 Å². The largest absolute Gasteiger partial charge is 0.326 e. The van der Waals surface area contributed by atoms with Gasteiger partial charge in [-0.25, -0.2) is 4.79 Å². The number of fused-ring (bicyclic) bond motifs is 1. The van der Waals surface area contributed by atoms with Gasteiger partial charge in [-0.15, -0.1) is 0 Å². The summed E-state index contributed by atoms with van der Waals surface area (Å²) in [5.41, 5.74) is 1.75. The highest BCUT2D eigenvalue weighted by Crippen LogP contribution is 2.35. The van der Waals surface area contributed by atoms with E-state index in [9.17, 15) is 9.59 Å². The topological polar surface area (TPSA) is 65.5 Å². The number of hydrogen-bond acceptors (Lipinski definition) is 3. The van der Waals surface area contributed by atoms with E-state index in [4.69, 9.17) is 34.8 Å². The van der Waals surface area contributed by atoms with E-state index >= 15 is 0 Å². The second-order valence-electron chi connectivity index (χ2n) is 6.59. The summed E-state index contributed by atoms with van der Waals surface area (Å²) in [5.74, 6) is -0.478. The van der Waals surface area contributed by atoms with Gasteiger partial charge in [0.25, 0.3) is 5.91 Å². The van der Waals surface area contributed by atoms with Crippen LogP contribution in [0.3, 0.4) is 0 Å². The summed E-state index contributed by atoms with van der Waals surface area (Å²) in [4.78, 5) is 33.0. The fourth-order valence-electron chi connectivity index (χ4n) is 3.31. The van der Waals surface area contributed by atoms with Crippen molar-refractivity contribution in [2.45, 2.75) is 0 Å². The summed E-state index contributed by atoms with van der Waals surface area (Å²) in [5, 5.41) is 4.32. The van der Waals surface area contributed by atoms with Gasteiger partial charge in [0.1, 0.15) is 0 Å². The zero-order valence-electron chi connectivity index (χ0n) is 15.2. The number of rotatable bonds is 3. The fourth-order valence-corrected chi connectivity index (χ4v) is 4.09. The Morgan fingerprint density at radius 3 is 2.48 bits per heavy atom. The zero-order valence-corrected chi connectivity index (χ0v) is 17.5. The van der Waals surface area contributed by atoms with E-state index < -0.39 is 5.91 Å². The van der Waals surface area contributed by atoms with Gasteiger partial charge in [-0.2, -0.15) is 0 Å². The summed E-state index contributed by atoms with van der Waals surface area (Å²) in [6, 6.07) is 9.81. The Labute approximate surface area is 182 Å². The number of nitrogens with one attached hydrogen (secondary N) is 1. The van der Waals surface area contributed by atoms with Crippen molar-refractivity contribution >= 4 is 69.0 Å². The number of likely N-dealkylation sites (N-methyl/N-ethyl adjacent to an activating group) is 1. The Kier molecular flexibility index (Phi) is 5.25. The number of carbonyl (C=O) groups is 2. The van der Waals surface area contributed by atoms with Crippen molar-refractivity contribution in [2.75, 3.05) is 30.4 Å². The third-order valence-electron chi connectivity index (χ3n) is 4.73. The van der Waals surface area contributed by atoms with Crippen molar-refractivity contribution in [3.8, 4) is 0 Å². The van der Waals surface area contributed by atoms with Crippen LogP contribution in [0.5, 0.6) is 0 Å². The van der Waals surface area contributed by atoms with Crippen LogP contribution in [0.25, 0.3) is 10.9 Å². The maximum atomic E-state index is 12.8. The second kappa shape index (κ2) is 7.71. The SMILES string of the molecule is CN1CCN(c2ccnc3c(NC(=O)c4c(Cl)cccc4Cl)cc(Cl)cc23)C1=O. The van der Waals surface area contributed by atoms with Crippen LogP contribution in [0.15, 0.2) is 42.6 Å². The molecule has 1 saturated heterocycles. The van der Waals surface area contributed by atoms with E-state index in [1.54, 1.807) is 59.4 Å². The van der Waals surface area contributed by atoms with E-state index in [1.807, 2.05) is 0 Å². The van der Waals surface area contributed by atoms with Crippen LogP contribution in [-0.2, 0) is 0 Å². The summed E-state index contributed by atoms with van der Waals surface area (Å²) < 4.78 is 0. The molecule has 1 N–H and O–H groups in total. The van der Waals surface area contributed by atoms with Gasteiger partial charge in [-0.05, 0) is 30.3 Å². The molecule has 4 rings (SSSR count). The summed E-state index contributed by atoms with van der Waals surface area (Å²) in [6.45, 7) is 1.18. The number of carbonyl (C=O) groups excluding carboxylic acids is 2. The highest BCUT2D eigenvalue weighted by atomic mass is 35.5. The molecule has 2 heterocycles.